The lowest BCUT2D eigenvalue weighted by Gasteiger charge is -2.15. The molecule has 1 amide bonds. The highest BCUT2D eigenvalue weighted by Gasteiger charge is 2.17. The van der Waals surface area contributed by atoms with E-state index in [9.17, 15) is 9.90 Å². The first-order valence-electron chi connectivity index (χ1n) is 6.47. The number of furan rings is 1. The van der Waals surface area contributed by atoms with Crippen molar-refractivity contribution >= 4 is 5.91 Å². The first-order valence-corrected chi connectivity index (χ1v) is 6.47. The van der Waals surface area contributed by atoms with Crippen molar-refractivity contribution in [2.24, 2.45) is 0 Å². The van der Waals surface area contributed by atoms with Crippen LogP contribution < -0.4 is 5.32 Å². The standard InChI is InChI=1S/C13H20N2O3/c16-11(12-4-3-9-18-12)10-14-6-5-13(17)15-7-1-2-8-15/h3-4,9,11,14,16H,1-2,5-8,10H2. The summed E-state index contributed by atoms with van der Waals surface area (Å²) in [5, 5.41) is 12.8. The van der Waals surface area contributed by atoms with Crippen LogP contribution in [-0.2, 0) is 4.79 Å². The Balaban J connectivity index is 1.59. The third-order valence-electron chi connectivity index (χ3n) is 3.18. The number of nitrogens with one attached hydrogen (secondary N) is 1. The van der Waals surface area contributed by atoms with Gasteiger partial charge in [-0.15, -0.1) is 0 Å². The van der Waals surface area contributed by atoms with Crippen LogP contribution in [0.2, 0.25) is 0 Å². The smallest absolute Gasteiger partial charge is 0.223 e. The Labute approximate surface area is 107 Å². The maximum Gasteiger partial charge on any atom is 0.223 e. The molecule has 1 aromatic rings. The summed E-state index contributed by atoms with van der Waals surface area (Å²) in [7, 11) is 0. The third kappa shape index (κ3) is 3.58. The zero-order valence-electron chi connectivity index (χ0n) is 10.5. The molecule has 1 saturated heterocycles. The monoisotopic (exact) mass is 252 g/mol. The van der Waals surface area contributed by atoms with Gasteiger partial charge in [0.05, 0.1) is 6.26 Å². The van der Waals surface area contributed by atoms with E-state index in [4.69, 9.17) is 4.42 Å². The second kappa shape index (κ2) is 6.56. The van der Waals surface area contributed by atoms with Gasteiger partial charge >= 0.3 is 0 Å². The average Bonchev–Trinajstić information content (AvgIpc) is 3.05. The second-order valence-electron chi connectivity index (χ2n) is 4.57. The molecule has 1 atom stereocenters. The molecule has 2 N–H and O–H groups in total. The Morgan fingerprint density at radius 3 is 2.94 bits per heavy atom. The molecule has 0 bridgehead atoms. The summed E-state index contributed by atoms with van der Waals surface area (Å²) in [5.41, 5.74) is 0. The number of carbonyl (C=O) groups is 1. The molecule has 2 heterocycles. The normalized spacial score (nSPS) is 17.1. The number of aliphatic hydroxyl groups is 1. The number of hydrogen-bond acceptors (Lipinski definition) is 4. The molecule has 5 heteroatoms. The van der Waals surface area contributed by atoms with Crippen molar-refractivity contribution in [2.45, 2.75) is 25.4 Å². The van der Waals surface area contributed by atoms with Gasteiger partial charge in [0.15, 0.2) is 0 Å². The van der Waals surface area contributed by atoms with Gasteiger partial charge in [0.25, 0.3) is 0 Å². The largest absolute Gasteiger partial charge is 0.467 e. The van der Waals surface area contributed by atoms with Crippen LogP contribution >= 0.6 is 0 Å². The fourth-order valence-corrected chi connectivity index (χ4v) is 2.14. The van der Waals surface area contributed by atoms with Gasteiger partial charge in [-0.25, -0.2) is 0 Å². The molecule has 0 radical (unpaired) electrons. The van der Waals surface area contributed by atoms with E-state index < -0.39 is 6.10 Å². The van der Waals surface area contributed by atoms with Gasteiger partial charge in [0, 0.05) is 32.6 Å². The highest BCUT2D eigenvalue weighted by molar-refractivity contribution is 5.76. The Morgan fingerprint density at radius 1 is 1.50 bits per heavy atom. The first-order chi connectivity index (χ1) is 8.77. The predicted octanol–water partition coefficient (Wildman–Crippen LogP) is 0.915. The minimum atomic E-state index is -0.651. The van der Waals surface area contributed by atoms with Crippen molar-refractivity contribution in [3.63, 3.8) is 0 Å². The van der Waals surface area contributed by atoms with Crippen LogP contribution in [0.4, 0.5) is 0 Å². The quantitative estimate of drug-likeness (QED) is 0.739. The van der Waals surface area contributed by atoms with E-state index in [1.807, 2.05) is 4.90 Å². The van der Waals surface area contributed by atoms with Crippen molar-refractivity contribution < 1.29 is 14.3 Å². The highest BCUT2D eigenvalue weighted by Crippen LogP contribution is 2.11. The minimum absolute atomic E-state index is 0.201. The van der Waals surface area contributed by atoms with Gasteiger partial charge in [0.2, 0.25) is 5.91 Å². The first kappa shape index (κ1) is 13.1. The van der Waals surface area contributed by atoms with E-state index in [-0.39, 0.29) is 5.91 Å². The van der Waals surface area contributed by atoms with Gasteiger partial charge in [-0.2, -0.15) is 0 Å². The zero-order chi connectivity index (χ0) is 12.8. The Hall–Kier alpha value is -1.33. The topological polar surface area (TPSA) is 65.7 Å². The lowest BCUT2D eigenvalue weighted by Crippen LogP contribution is -2.31. The number of hydrogen-bond donors (Lipinski definition) is 2. The van der Waals surface area contributed by atoms with Crippen molar-refractivity contribution in [3.05, 3.63) is 24.2 Å². The number of nitrogens with zero attached hydrogens (tertiary/aromatic N) is 1. The molecular formula is C13H20N2O3. The molecule has 1 aromatic heterocycles. The van der Waals surface area contributed by atoms with E-state index in [1.54, 1.807) is 12.1 Å². The fraction of sp³-hybridized carbons (Fsp3) is 0.615. The van der Waals surface area contributed by atoms with Crippen LogP contribution in [0.5, 0.6) is 0 Å². The van der Waals surface area contributed by atoms with E-state index in [0.29, 0.717) is 25.3 Å². The van der Waals surface area contributed by atoms with E-state index in [2.05, 4.69) is 5.32 Å². The van der Waals surface area contributed by atoms with Crippen LogP contribution in [0.15, 0.2) is 22.8 Å². The summed E-state index contributed by atoms with van der Waals surface area (Å²) >= 11 is 0. The molecule has 0 spiro atoms. The van der Waals surface area contributed by atoms with Crippen molar-refractivity contribution in [1.29, 1.82) is 0 Å². The van der Waals surface area contributed by atoms with Gasteiger partial charge in [0.1, 0.15) is 11.9 Å². The summed E-state index contributed by atoms with van der Waals surface area (Å²) in [6.07, 6.45) is 3.62. The molecule has 1 unspecified atom stereocenters. The minimum Gasteiger partial charge on any atom is -0.467 e. The summed E-state index contributed by atoms with van der Waals surface area (Å²) in [4.78, 5) is 13.6. The van der Waals surface area contributed by atoms with E-state index in [0.717, 1.165) is 25.9 Å². The maximum atomic E-state index is 11.7. The summed E-state index contributed by atoms with van der Waals surface area (Å²) in [6.45, 7) is 2.79. The van der Waals surface area contributed by atoms with Gasteiger partial charge in [-0.1, -0.05) is 0 Å². The molecule has 1 aliphatic rings. The summed E-state index contributed by atoms with van der Waals surface area (Å²) < 4.78 is 5.09. The van der Waals surface area contributed by atoms with Gasteiger partial charge in [-0.3, -0.25) is 4.79 Å². The number of rotatable bonds is 6. The number of carbonyl (C=O) groups excluding carboxylic acids is 1. The molecular weight excluding hydrogens is 232 g/mol. The average molecular weight is 252 g/mol. The number of likely N-dealkylation sites (tertiary alicyclic amines) is 1. The molecule has 1 aliphatic heterocycles. The van der Waals surface area contributed by atoms with Crippen LogP contribution in [0.1, 0.15) is 31.1 Å². The molecule has 0 aromatic carbocycles. The highest BCUT2D eigenvalue weighted by atomic mass is 16.4. The molecule has 0 aliphatic carbocycles. The SMILES string of the molecule is O=C(CCNCC(O)c1ccco1)N1CCCC1. The van der Waals surface area contributed by atoms with Crippen LogP contribution in [-0.4, -0.2) is 42.1 Å². The van der Waals surface area contributed by atoms with Crippen LogP contribution in [0.3, 0.4) is 0 Å². The molecule has 18 heavy (non-hydrogen) atoms. The molecule has 0 saturated carbocycles. The maximum absolute atomic E-state index is 11.7. The van der Waals surface area contributed by atoms with Crippen LogP contribution in [0, 0.1) is 0 Å². The second-order valence-corrected chi connectivity index (χ2v) is 4.57. The van der Waals surface area contributed by atoms with Crippen molar-refractivity contribution in [1.82, 2.24) is 10.2 Å². The zero-order valence-corrected chi connectivity index (χ0v) is 10.5. The summed E-state index contributed by atoms with van der Waals surface area (Å²) in [6, 6.07) is 3.48. The van der Waals surface area contributed by atoms with E-state index >= 15 is 0 Å². The lowest BCUT2D eigenvalue weighted by molar-refractivity contribution is -0.130. The fourth-order valence-electron chi connectivity index (χ4n) is 2.14. The third-order valence-corrected chi connectivity index (χ3v) is 3.18. The Morgan fingerprint density at radius 2 is 2.28 bits per heavy atom. The number of amides is 1. The predicted molar refractivity (Wildman–Crippen MR) is 67.0 cm³/mol. The lowest BCUT2D eigenvalue weighted by atomic mass is 10.2. The Bertz CT molecular complexity index is 358. The Kier molecular flexibility index (Phi) is 4.78. The summed E-state index contributed by atoms with van der Waals surface area (Å²) in [5.74, 6) is 0.751. The molecule has 100 valence electrons. The molecule has 1 fully saturated rings. The van der Waals surface area contributed by atoms with Crippen molar-refractivity contribution in [3.8, 4) is 0 Å². The van der Waals surface area contributed by atoms with E-state index in [1.165, 1.54) is 6.26 Å². The van der Waals surface area contributed by atoms with Gasteiger partial charge in [-0.05, 0) is 25.0 Å². The molecule has 5 nitrogen and oxygen atoms in total. The van der Waals surface area contributed by atoms with Gasteiger partial charge < -0.3 is 19.7 Å². The van der Waals surface area contributed by atoms with Crippen molar-refractivity contribution in [2.75, 3.05) is 26.2 Å². The van der Waals surface area contributed by atoms with Crippen LogP contribution in [0.25, 0.3) is 0 Å². The number of aliphatic hydroxyl groups excluding tert-OH is 1. The molecule has 2 rings (SSSR count).